The summed E-state index contributed by atoms with van der Waals surface area (Å²) in [5.74, 6) is 0.347. The lowest BCUT2D eigenvalue weighted by Gasteiger charge is -2.26. The first kappa shape index (κ1) is 21.1. The zero-order valence-corrected chi connectivity index (χ0v) is 17.4. The van der Waals surface area contributed by atoms with Gasteiger partial charge in [0.1, 0.15) is 11.5 Å². The SMILES string of the molecule is COc1ccc(S(=O)(=O)N2CCOCC2)cc1NC(=O)c1cc(C)ccc1OC. The van der Waals surface area contributed by atoms with Crippen LogP contribution in [0.2, 0.25) is 0 Å². The zero-order valence-electron chi connectivity index (χ0n) is 16.6. The Morgan fingerprint density at radius 1 is 1.03 bits per heavy atom. The number of methoxy groups -OCH3 is 2. The van der Waals surface area contributed by atoms with Gasteiger partial charge in [-0.2, -0.15) is 4.31 Å². The Labute approximate surface area is 170 Å². The van der Waals surface area contributed by atoms with Gasteiger partial charge < -0.3 is 19.5 Å². The molecule has 0 radical (unpaired) electrons. The molecule has 1 amide bonds. The quantitative estimate of drug-likeness (QED) is 0.771. The minimum absolute atomic E-state index is 0.0757. The summed E-state index contributed by atoms with van der Waals surface area (Å²) < 4.78 is 43.0. The number of sulfonamides is 1. The zero-order chi connectivity index (χ0) is 21.0. The van der Waals surface area contributed by atoms with E-state index in [-0.39, 0.29) is 23.7 Å². The van der Waals surface area contributed by atoms with Crippen LogP contribution in [-0.4, -0.2) is 59.2 Å². The molecule has 0 bridgehead atoms. The number of benzene rings is 2. The number of carbonyl (C=O) groups excluding carboxylic acids is 1. The Bertz CT molecular complexity index is 1000. The van der Waals surface area contributed by atoms with Gasteiger partial charge in [0.05, 0.1) is 43.6 Å². The van der Waals surface area contributed by atoms with Gasteiger partial charge in [-0.15, -0.1) is 0 Å². The molecule has 1 saturated heterocycles. The molecule has 1 heterocycles. The van der Waals surface area contributed by atoms with Crippen molar-refractivity contribution in [3.05, 3.63) is 47.5 Å². The van der Waals surface area contributed by atoms with E-state index in [1.165, 1.54) is 36.7 Å². The molecule has 9 heteroatoms. The summed E-state index contributed by atoms with van der Waals surface area (Å²) in [6, 6.07) is 9.65. The van der Waals surface area contributed by atoms with E-state index in [1.54, 1.807) is 12.1 Å². The summed E-state index contributed by atoms with van der Waals surface area (Å²) in [5, 5.41) is 2.74. The van der Waals surface area contributed by atoms with Crippen LogP contribution >= 0.6 is 0 Å². The first-order chi connectivity index (χ1) is 13.9. The molecule has 0 saturated carbocycles. The summed E-state index contributed by atoms with van der Waals surface area (Å²) in [6.07, 6.45) is 0. The van der Waals surface area contributed by atoms with Crippen LogP contribution in [0.4, 0.5) is 5.69 Å². The average molecular weight is 420 g/mol. The third kappa shape index (κ3) is 4.52. The van der Waals surface area contributed by atoms with Crippen LogP contribution < -0.4 is 14.8 Å². The summed E-state index contributed by atoms with van der Waals surface area (Å²) in [4.78, 5) is 12.9. The number of hydrogen-bond donors (Lipinski definition) is 1. The molecule has 1 aliphatic rings. The van der Waals surface area contributed by atoms with Gasteiger partial charge in [0, 0.05) is 13.1 Å². The highest BCUT2D eigenvalue weighted by Crippen LogP contribution is 2.30. The average Bonchev–Trinajstić information content (AvgIpc) is 2.74. The molecule has 1 aliphatic heterocycles. The lowest BCUT2D eigenvalue weighted by Crippen LogP contribution is -2.40. The molecule has 3 rings (SSSR count). The highest BCUT2D eigenvalue weighted by Gasteiger charge is 2.27. The number of nitrogens with one attached hydrogen (secondary N) is 1. The molecule has 0 aliphatic carbocycles. The van der Waals surface area contributed by atoms with E-state index in [9.17, 15) is 13.2 Å². The summed E-state index contributed by atoms with van der Waals surface area (Å²) in [7, 11) is -0.771. The number of ether oxygens (including phenoxy) is 3. The molecule has 0 atom stereocenters. The van der Waals surface area contributed by atoms with E-state index in [0.29, 0.717) is 30.3 Å². The fraction of sp³-hybridized carbons (Fsp3) is 0.350. The van der Waals surface area contributed by atoms with Crippen LogP contribution in [0.5, 0.6) is 11.5 Å². The van der Waals surface area contributed by atoms with E-state index in [0.717, 1.165) is 5.56 Å². The number of rotatable bonds is 6. The first-order valence-electron chi connectivity index (χ1n) is 9.08. The molecular weight excluding hydrogens is 396 g/mol. The Morgan fingerprint density at radius 3 is 2.34 bits per heavy atom. The second kappa shape index (κ2) is 8.81. The predicted octanol–water partition coefficient (Wildman–Crippen LogP) is 2.29. The molecule has 8 nitrogen and oxygen atoms in total. The van der Waals surface area contributed by atoms with E-state index in [2.05, 4.69) is 5.32 Å². The Morgan fingerprint density at radius 2 is 1.69 bits per heavy atom. The molecule has 0 aromatic heterocycles. The third-order valence-corrected chi connectivity index (χ3v) is 6.52. The summed E-state index contributed by atoms with van der Waals surface area (Å²) in [6.45, 7) is 3.15. The molecule has 2 aromatic rings. The fourth-order valence-corrected chi connectivity index (χ4v) is 4.50. The highest BCUT2D eigenvalue weighted by molar-refractivity contribution is 7.89. The second-order valence-corrected chi connectivity index (χ2v) is 8.47. The van der Waals surface area contributed by atoms with Crippen LogP contribution in [0.1, 0.15) is 15.9 Å². The van der Waals surface area contributed by atoms with Gasteiger partial charge in [0.15, 0.2) is 0 Å². The number of hydrogen-bond acceptors (Lipinski definition) is 6. The summed E-state index contributed by atoms with van der Waals surface area (Å²) >= 11 is 0. The molecule has 2 aromatic carbocycles. The molecule has 1 fully saturated rings. The summed E-state index contributed by atoms with van der Waals surface area (Å²) in [5.41, 5.74) is 1.50. The molecule has 29 heavy (non-hydrogen) atoms. The van der Waals surface area contributed by atoms with Crippen molar-refractivity contribution < 1.29 is 27.4 Å². The highest BCUT2D eigenvalue weighted by atomic mass is 32.2. The van der Waals surface area contributed by atoms with E-state index >= 15 is 0 Å². The van der Waals surface area contributed by atoms with E-state index in [4.69, 9.17) is 14.2 Å². The standard InChI is InChI=1S/C20H24N2O6S/c1-14-4-6-18(26-2)16(12-14)20(23)21-17-13-15(5-7-19(17)27-3)29(24,25)22-8-10-28-11-9-22/h4-7,12-13H,8-11H2,1-3H3,(H,21,23). The van der Waals surface area contributed by atoms with E-state index in [1.807, 2.05) is 13.0 Å². The van der Waals surface area contributed by atoms with Crippen molar-refractivity contribution in [3.63, 3.8) is 0 Å². The van der Waals surface area contributed by atoms with Gasteiger partial charge in [0.2, 0.25) is 10.0 Å². The van der Waals surface area contributed by atoms with Gasteiger partial charge in [-0.1, -0.05) is 11.6 Å². The molecule has 1 N–H and O–H groups in total. The van der Waals surface area contributed by atoms with Crippen molar-refractivity contribution in [3.8, 4) is 11.5 Å². The Kier molecular flexibility index (Phi) is 6.41. The van der Waals surface area contributed by atoms with Crippen molar-refractivity contribution in [2.75, 3.05) is 45.8 Å². The number of morpholine rings is 1. The Balaban J connectivity index is 1.94. The minimum atomic E-state index is -3.71. The lowest BCUT2D eigenvalue weighted by atomic mass is 10.1. The van der Waals surface area contributed by atoms with Gasteiger partial charge in [-0.25, -0.2) is 8.42 Å². The molecular formula is C20H24N2O6S. The van der Waals surface area contributed by atoms with E-state index < -0.39 is 15.9 Å². The first-order valence-corrected chi connectivity index (χ1v) is 10.5. The lowest BCUT2D eigenvalue weighted by molar-refractivity contribution is 0.0730. The van der Waals surface area contributed by atoms with Gasteiger partial charge in [-0.3, -0.25) is 4.79 Å². The number of aryl methyl sites for hydroxylation is 1. The fourth-order valence-electron chi connectivity index (χ4n) is 3.07. The van der Waals surface area contributed by atoms with Crippen LogP contribution in [0.15, 0.2) is 41.3 Å². The smallest absolute Gasteiger partial charge is 0.259 e. The number of anilines is 1. The van der Waals surface area contributed by atoms with Crippen molar-refractivity contribution in [1.29, 1.82) is 0 Å². The predicted molar refractivity (Wildman–Crippen MR) is 108 cm³/mol. The largest absolute Gasteiger partial charge is 0.496 e. The molecule has 0 spiro atoms. The van der Waals surface area contributed by atoms with Crippen molar-refractivity contribution in [2.24, 2.45) is 0 Å². The van der Waals surface area contributed by atoms with Gasteiger partial charge in [-0.05, 0) is 37.3 Å². The minimum Gasteiger partial charge on any atom is -0.496 e. The Hall–Kier alpha value is -2.62. The number of nitrogens with zero attached hydrogens (tertiary/aromatic N) is 1. The number of amides is 1. The van der Waals surface area contributed by atoms with Crippen molar-refractivity contribution >= 4 is 21.6 Å². The maximum absolute atomic E-state index is 12.9. The number of carbonyl (C=O) groups is 1. The van der Waals surface area contributed by atoms with Crippen LogP contribution in [0.3, 0.4) is 0 Å². The molecule has 0 unspecified atom stereocenters. The third-order valence-electron chi connectivity index (χ3n) is 4.63. The monoisotopic (exact) mass is 420 g/mol. The molecule has 156 valence electrons. The van der Waals surface area contributed by atoms with Crippen molar-refractivity contribution in [1.82, 2.24) is 4.31 Å². The normalized spacial score (nSPS) is 15.0. The van der Waals surface area contributed by atoms with Crippen molar-refractivity contribution in [2.45, 2.75) is 11.8 Å². The maximum Gasteiger partial charge on any atom is 0.259 e. The maximum atomic E-state index is 12.9. The second-order valence-electron chi connectivity index (χ2n) is 6.54. The van der Waals surface area contributed by atoms with Gasteiger partial charge in [0.25, 0.3) is 5.91 Å². The van der Waals surface area contributed by atoms with Crippen LogP contribution in [-0.2, 0) is 14.8 Å². The van der Waals surface area contributed by atoms with Gasteiger partial charge >= 0.3 is 0 Å². The van der Waals surface area contributed by atoms with Crippen LogP contribution in [0.25, 0.3) is 0 Å². The van der Waals surface area contributed by atoms with Crippen LogP contribution in [0, 0.1) is 6.92 Å². The topological polar surface area (TPSA) is 94.2 Å².